The Morgan fingerprint density at radius 2 is 2.20 bits per heavy atom. The number of nitriles is 1. The molecule has 0 bridgehead atoms. The number of hydrogen-bond donors (Lipinski definition) is 1. The second kappa shape index (κ2) is 2.76. The molecular weight excluding hydrogens is 142 g/mol. The second-order valence-corrected chi connectivity index (χ2v) is 2.54. The summed E-state index contributed by atoms with van der Waals surface area (Å²) in [7, 11) is 0. The van der Waals surface area contributed by atoms with Crippen LogP contribution in [0.5, 0.6) is 0 Å². The van der Waals surface area contributed by atoms with Crippen molar-refractivity contribution in [3.8, 4) is 6.07 Å². The van der Waals surface area contributed by atoms with E-state index in [-0.39, 0.29) is 0 Å². The molecule has 10 heavy (non-hydrogen) atoms. The Morgan fingerprint density at radius 3 is 2.70 bits per heavy atom. The Hall–Kier alpha value is -0.940. The third-order valence-electron chi connectivity index (χ3n) is 1.43. The second-order valence-electron chi connectivity index (χ2n) is 2.06. The van der Waals surface area contributed by atoms with Gasteiger partial charge in [0.05, 0.1) is 11.6 Å². The van der Waals surface area contributed by atoms with Gasteiger partial charge in [-0.15, -0.1) is 12.6 Å². The molecule has 0 N–H and O–H groups in total. The molecule has 50 valence electrons. The minimum Gasteiger partial charge on any atom is -0.192 e. The van der Waals surface area contributed by atoms with Gasteiger partial charge in [0.25, 0.3) is 0 Å². The van der Waals surface area contributed by atoms with Crippen LogP contribution in [-0.4, -0.2) is 0 Å². The van der Waals surface area contributed by atoms with Gasteiger partial charge in [-0.05, 0) is 24.6 Å². The molecule has 0 fully saturated rings. The van der Waals surface area contributed by atoms with E-state index in [1.165, 1.54) is 0 Å². The average molecular weight is 149 g/mol. The van der Waals surface area contributed by atoms with Gasteiger partial charge >= 0.3 is 0 Å². The molecule has 0 aliphatic rings. The van der Waals surface area contributed by atoms with Crippen LogP contribution in [-0.2, 0) is 0 Å². The summed E-state index contributed by atoms with van der Waals surface area (Å²) in [5, 5.41) is 8.56. The summed E-state index contributed by atoms with van der Waals surface area (Å²) in [6, 6.07) is 7.58. The summed E-state index contributed by atoms with van der Waals surface area (Å²) >= 11 is 4.17. The zero-order chi connectivity index (χ0) is 7.56. The van der Waals surface area contributed by atoms with Crippen LogP contribution >= 0.6 is 12.6 Å². The van der Waals surface area contributed by atoms with Crippen molar-refractivity contribution in [1.82, 2.24) is 0 Å². The van der Waals surface area contributed by atoms with Crippen LogP contribution in [0.3, 0.4) is 0 Å². The van der Waals surface area contributed by atoms with Crippen LogP contribution in [0, 0.1) is 18.3 Å². The molecule has 0 spiro atoms. The molecule has 0 radical (unpaired) electrons. The number of rotatable bonds is 0. The van der Waals surface area contributed by atoms with Gasteiger partial charge in [-0.2, -0.15) is 5.26 Å². The number of hydrogen-bond acceptors (Lipinski definition) is 2. The monoisotopic (exact) mass is 149 g/mol. The Morgan fingerprint density at radius 1 is 1.50 bits per heavy atom. The van der Waals surface area contributed by atoms with Crippen LogP contribution < -0.4 is 0 Å². The highest BCUT2D eigenvalue weighted by atomic mass is 32.1. The lowest BCUT2D eigenvalue weighted by molar-refractivity contribution is 1.28. The zero-order valence-corrected chi connectivity index (χ0v) is 6.52. The number of benzene rings is 1. The highest BCUT2D eigenvalue weighted by Gasteiger charge is 1.97. The molecule has 1 aromatic rings. The van der Waals surface area contributed by atoms with Crippen molar-refractivity contribution in [3.63, 3.8) is 0 Å². The van der Waals surface area contributed by atoms with Gasteiger partial charge in [0.15, 0.2) is 0 Å². The smallest absolute Gasteiger partial charge is 0.0994 e. The molecule has 2 heteroatoms. The van der Waals surface area contributed by atoms with Gasteiger partial charge in [0, 0.05) is 4.90 Å². The zero-order valence-electron chi connectivity index (χ0n) is 5.63. The lowest BCUT2D eigenvalue weighted by atomic mass is 10.1. The quantitative estimate of drug-likeness (QED) is 0.561. The lowest BCUT2D eigenvalue weighted by Gasteiger charge is -1.97. The van der Waals surface area contributed by atoms with E-state index >= 15 is 0 Å². The van der Waals surface area contributed by atoms with Crippen LogP contribution in [0.4, 0.5) is 0 Å². The fourth-order valence-electron chi connectivity index (χ4n) is 0.745. The van der Waals surface area contributed by atoms with Gasteiger partial charge in [-0.1, -0.05) is 6.07 Å². The van der Waals surface area contributed by atoms with Crippen molar-refractivity contribution in [2.24, 2.45) is 0 Å². The molecule has 0 atom stereocenters. The van der Waals surface area contributed by atoms with E-state index in [9.17, 15) is 0 Å². The molecule has 0 unspecified atom stereocenters. The Bertz CT molecular complexity index is 286. The molecule has 0 heterocycles. The third-order valence-corrected chi connectivity index (χ3v) is 1.91. The number of thiol groups is 1. The first kappa shape index (κ1) is 7.17. The van der Waals surface area contributed by atoms with E-state index in [4.69, 9.17) is 5.26 Å². The SMILES string of the molecule is Cc1c(S)cccc1C#N. The molecule has 1 nitrogen and oxygen atoms in total. The van der Waals surface area contributed by atoms with E-state index in [1.54, 1.807) is 6.07 Å². The summed E-state index contributed by atoms with van der Waals surface area (Å²) in [6.07, 6.45) is 0. The van der Waals surface area contributed by atoms with Crippen LogP contribution in [0.2, 0.25) is 0 Å². The van der Waals surface area contributed by atoms with Crippen LogP contribution in [0.1, 0.15) is 11.1 Å². The Balaban J connectivity index is 3.31. The summed E-state index contributed by atoms with van der Waals surface area (Å²) < 4.78 is 0. The first-order valence-electron chi connectivity index (χ1n) is 2.94. The molecule has 0 amide bonds. The molecule has 1 rings (SSSR count). The fraction of sp³-hybridized carbons (Fsp3) is 0.125. The van der Waals surface area contributed by atoms with E-state index in [0.717, 1.165) is 10.5 Å². The predicted octanol–water partition coefficient (Wildman–Crippen LogP) is 2.16. The maximum atomic E-state index is 8.56. The fourth-order valence-corrected chi connectivity index (χ4v) is 0.951. The summed E-state index contributed by atoms with van der Waals surface area (Å²) in [5.74, 6) is 0. The van der Waals surface area contributed by atoms with Gasteiger partial charge < -0.3 is 0 Å². The van der Waals surface area contributed by atoms with E-state index in [0.29, 0.717) is 5.56 Å². The van der Waals surface area contributed by atoms with Crippen molar-refractivity contribution < 1.29 is 0 Å². The maximum Gasteiger partial charge on any atom is 0.0994 e. The van der Waals surface area contributed by atoms with Gasteiger partial charge in [-0.25, -0.2) is 0 Å². The van der Waals surface area contributed by atoms with Crippen molar-refractivity contribution in [3.05, 3.63) is 29.3 Å². The van der Waals surface area contributed by atoms with Crippen LogP contribution in [0.25, 0.3) is 0 Å². The standard InChI is InChI=1S/C8H7NS/c1-6-7(5-9)3-2-4-8(6)10/h2-4,10H,1H3. The molecular formula is C8H7NS. The molecule has 0 aliphatic carbocycles. The van der Waals surface area contributed by atoms with E-state index in [2.05, 4.69) is 18.7 Å². The van der Waals surface area contributed by atoms with Gasteiger partial charge in [-0.3, -0.25) is 0 Å². The summed E-state index contributed by atoms with van der Waals surface area (Å²) in [4.78, 5) is 0.874. The molecule has 0 aromatic heterocycles. The van der Waals surface area contributed by atoms with Crippen molar-refractivity contribution >= 4 is 12.6 Å². The largest absolute Gasteiger partial charge is 0.192 e. The summed E-state index contributed by atoms with van der Waals surface area (Å²) in [6.45, 7) is 1.89. The predicted molar refractivity (Wildman–Crippen MR) is 43.1 cm³/mol. The Labute approximate surface area is 65.7 Å². The van der Waals surface area contributed by atoms with Crippen molar-refractivity contribution in [1.29, 1.82) is 5.26 Å². The van der Waals surface area contributed by atoms with Gasteiger partial charge in [0.1, 0.15) is 0 Å². The minimum atomic E-state index is 0.701. The number of nitrogens with zero attached hydrogens (tertiary/aromatic N) is 1. The molecule has 0 saturated heterocycles. The third kappa shape index (κ3) is 1.14. The normalized spacial score (nSPS) is 8.90. The summed E-state index contributed by atoms with van der Waals surface area (Å²) in [5.41, 5.74) is 1.65. The van der Waals surface area contributed by atoms with Crippen molar-refractivity contribution in [2.45, 2.75) is 11.8 Å². The minimum absolute atomic E-state index is 0.701. The maximum absolute atomic E-state index is 8.56. The first-order chi connectivity index (χ1) is 4.75. The van der Waals surface area contributed by atoms with E-state index in [1.807, 2.05) is 19.1 Å². The molecule has 1 aromatic carbocycles. The van der Waals surface area contributed by atoms with E-state index < -0.39 is 0 Å². The highest BCUT2D eigenvalue weighted by molar-refractivity contribution is 7.80. The molecule has 0 aliphatic heterocycles. The molecule has 0 saturated carbocycles. The highest BCUT2D eigenvalue weighted by Crippen LogP contribution is 2.15. The van der Waals surface area contributed by atoms with Crippen LogP contribution in [0.15, 0.2) is 23.1 Å². The topological polar surface area (TPSA) is 23.8 Å². The Kier molecular flexibility index (Phi) is 1.98. The van der Waals surface area contributed by atoms with Crippen molar-refractivity contribution in [2.75, 3.05) is 0 Å². The average Bonchev–Trinajstić information content (AvgIpc) is 1.95. The van der Waals surface area contributed by atoms with Gasteiger partial charge in [0.2, 0.25) is 0 Å². The lowest BCUT2D eigenvalue weighted by Crippen LogP contribution is -1.81. The first-order valence-corrected chi connectivity index (χ1v) is 3.39.